The van der Waals surface area contributed by atoms with Gasteiger partial charge in [-0.15, -0.1) is 0 Å². The second kappa shape index (κ2) is 5.44. The number of nitrogens with one attached hydrogen (secondary N) is 1. The number of aromatic nitrogens is 1. The topological polar surface area (TPSA) is 63.3 Å². The first-order valence-corrected chi connectivity index (χ1v) is 4.66. The minimum Gasteiger partial charge on any atom is -0.370 e. The maximum absolute atomic E-state index is 5.65. The number of hydrogen-bond donors (Lipinski definition) is 2. The van der Waals surface area contributed by atoms with Crippen LogP contribution in [-0.2, 0) is 6.42 Å². The third-order valence-corrected chi connectivity index (χ3v) is 1.97. The van der Waals surface area contributed by atoms with E-state index in [1.54, 1.807) is 19.3 Å². The van der Waals surface area contributed by atoms with E-state index in [2.05, 4.69) is 15.3 Å². The minimum atomic E-state index is 0.451. The molecule has 0 spiro atoms. The molecule has 0 aliphatic heterocycles. The highest BCUT2D eigenvalue weighted by molar-refractivity contribution is 6.29. The van der Waals surface area contributed by atoms with Gasteiger partial charge in [0.2, 0.25) is 0 Å². The molecule has 1 heterocycles. The molecule has 0 amide bonds. The second-order valence-electron chi connectivity index (χ2n) is 2.77. The van der Waals surface area contributed by atoms with E-state index in [9.17, 15) is 0 Å². The van der Waals surface area contributed by atoms with Gasteiger partial charge in [-0.05, 0) is 18.1 Å². The summed E-state index contributed by atoms with van der Waals surface area (Å²) in [6.07, 6.45) is 2.60. The molecule has 0 saturated carbocycles. The highest BCUT2D eigenvalue weighted by Gasteiger charge is 1.94. The van der Waals surface area contributed by atoms with Crippen LogP contribution in [0.25, 0.3) is 0 Å². The van der Waals surface area contributed by atoms with Crippen LogP contribution < -0.4 is 11.1 Å². The summed E-state index contributed by atoms with van der Waals surface area (Å²) in [4.78, 5) is 7.75. The number of nitrogens with zero attached hydrogens (tertiary/aromatic N) is 2. The number of aliphatic imine (C=N–C) groups is 1. The van der Waals surface area contributed by atoms with Gasteiger partial charge in [0.25, 0.3) is 0 Å². The van der Waals surface area contributed by atoms with Crippen molar-refractivity contribution in [3.63, 3.8) is 0 Å². The first-order valence-electron chi connectivity index (χ1n) is 4.29. The molecule has 5 heteroatoms. The van der Waals surface area contributed by atoms with Gasteiger partial charge in [0.05, 0.1) is 0 Å². The monoisotopic (exact) mass is 212 g/mol. The van der Waals surface area contributed by atoms with Crippen LogP contribution >= 0.6 is 11.6 Å². The number of guanidine groups is 1. The Morgan fingerprint density at radius 1 is 1.64 bits per heavy atom. The van der Waals surface area contributed by atoms with Gasteiger partial charge in [0.1, 0.15) is 5.15 Å². The summed E-state index contributed by atoms with van der Waals surface area (Å²) in [6.45, 7) is 0.743. The van der Waals surface area contributed by atoms with Crippen LogP contribution in [0.15, 0.2) is 23.3 Å². The van der Waals surface area contributed by atoms with E-state index < -0.39 is 0 Å². The van der Waals surface area contributed by atoms with Crippen molar-refractivity contribution in [1.82, 2.24) is 10.3 Å². The van der Waals surface area contributed by atoms with Gasteiger partial charge in [-0.2, -0.15) is 0 Å². The smallest absolute Gasteiger partial charge is 0.188 e. The molecule has 0 saturated heterocycles. The third-order valence-electron chi connectivity index (χ3n) is 1.75. The van der Waals surface area contributed by atoms with E-state index in [-0.39, 0.29) is 0 Å². The number of rotatable bonds is 3. The van der Waals surface area contributed by atoms with Crippen LogP contribution in [0.1, 0.15) is 5.56 Å². The molecule has 0 radical (unpaired) electrons. The van der Waals surface area contributed by atoms with Crippen molar-refractivity contribution in [2.24, 2.45) is 10.7 Å². The van der Waals surface area contributed by atoms with Crippen molar-refractivity contribution in [2.75, 3.05) is 13.6 Å². The quantitative estimate of drug-likeness (QED) is 0.443. The molecule has 0 aliphatic rings. The van der Waals surface area contributed by atoms with Crippen LogP contribution in [0, 0.1) is 0 Å². The highest BCUT2D eigenvalue weighted by atomic mass is 35.5. The second-order valence-corrected chi connectivity index (χ2v) is 3.16. The Hall–Kier alpha value is -1.29. The predicted octanol–water partition coefficient (Wildman–Crippen LogP) is 0.812. The Balaban J connectivity index is 2.35. The molecule has 1 aromatic heterocycles. The Kier molecular flexibility index (Phi) is 4.19. The standard InChI is InChI=1S/C9H13ClN4/c1-12-9(11)13-5-4-7-2-3-8(10)14-6-7/h2-3,6H,4-5H2,1H3,(H3,11,12,13). The molecule has 1 aromatic rings. The third kappa shape index (κ3) is 3.62. The summed E-state index contributed by atoms with van der Waals surface area (Å²) in [7, 11) is 1.65. The molecular formula is C9H13ClN4. The molecular weight excluding hydrogens is 200 g/mol. The van der Waals surface area contributed by atoms with Crippen LogP contribution in [-0.4, -0.2) is 24.5 Å². The summed E-state index contributed by atoms with van der Waals surface area (Å²) in [6, 6.07) is 3.71. The maximum atomic E-state index is 5.65. The zero-order valence-corrected chi connectivity index (χ0v) is 8.75. The van der Waals surface area contributed by atoms with Crippen LogP contribution in [0.2, 0.25) is 5.15 Å². The van der Waals surface area contributed by atoms with Crippen molar-refractivity contribution in [1.29, 1.82) is 0 Å². The van der Waals surface area contributed by atoms with Crippen molar-refractivity contribution >= 4 is 17.6 Å². The largest absolute Gasteiger partial charge is 0.370 e. The fraction of sp³-hybridized carbons (Fsp3) is 0.333. The lowest BCUT2D eigenvalue weighted by molar-refractivity contribution is 0.853. The SMILES string of the molecule is CN=C(N)NCCc1ccc(Cl)nc1. The highest BCUT2D eigenvalue weighted by Crippen LogP contribution is 2.04. The zero-order chi connectivity index (χ0) is 10.4. The molecule has 0 atom stereocenters. The van der Waals surface area contributed by atoms with Crippen molar-refractivity contribution < 1.29 is 0 Å². The number of hydrogen-bond acceptors (Lipinski definition) is 2. The number of halogens is 1. The van der Waals surface area contributed by atoms with E-state index in [1.807, 2.05) is 6.07 Å². The van der Waals surface area contributed by atoms with Crippen molar-refractivity contribution in [3.8, 4) is 0 Å². The first-order chi connectivity index (χ1) is 6.72. The van der Waals surface area contributed by atoms with Gasteiger partial charge < -0.3 is 11.1 Å². The number of nitrogens with two attached hydrogens (primary N) is 1. The van der Waals surface area contributed by atoms with E-state index in [0.29, 0.717) is 11.1 Å². The fourth-order valence-corrected chi connectivity index (χ4v) is 1.08. The summed E-state index contributed by atoms with van der Waals surface area (Å²) < 4.78 is 0. The molecule has 4 nitrogen and oxygen atoms in total. The van der Waals surface area contributed by atoms with E-state index in [4.69, 9.17) is 17.3 Å². The Labute approximate surface area is 88.2 Å². The lowest BCUT2D eigenvalue weighted by Gasteiger charge is -2.04. The summed E-state index contributed by atoms with van der Waals surface area (Å²) in [5.74, 6) is 0.451. The van der Waals surface area contributed by atoms with Gasteiger partial charge >= 0.3 is 0 Å². The van der Waals surface area contributed by atoms with Crippen molar-refractivity contribution in [3.05, 3.63) is 29.0 Å². The molecule has 0 aromatic carbocycles. The Morgan fingerprint density at radius 2 is 2.43 bits per heavy atom. The van der Waals surface area contributed by atoms with Gasteiger partial charge in [-0.25, -0.2) is 4.98 Å². The molecule has 0 unspecified atom stereocenters. The molecule has 1 rings (SSSR count). The lowest BCUT2D eigenvalue weighted by Crippen LogP contribution is -2.32. The van der Waals surface area contributed by atoms with E-state index in [0.717, 1.165) is 18.5 Å². The van der Waals surface area contributed by atoms with Crippen LogP contribution in [0.4, 0.5) is 0 Å². The Bertz CT molecular complexity index is 307. The average Bonchev–Trinajstić information content (AvgIpc) is 2.21. The normalized spacial score (nSPS) is 11.4. The van der Waals surface area contributed by atoms with E-state index >= 15 is 0 Å². The maximum Gasteiger partial charge on any atom is 0.188 e. The summed E-state index contributed by atoms with van der Waals surface area (Å²) in [5.41, 5.74) is 6.58. The predicted molar refractivity (Wildman–Crippen MR) is 58.5 cm³/mol. The van der Waals surface area contributed by atoms with Gasteiger partial charge in [0, 0.05) is 19.8 Å². The fourth-order valence-electron chi connectivity index (χ4n) is 0.968. The molecule has 0 bridgehead atoms. The van der Waals surface area contributed by atoms with Gasteiger partial charge in [-0.3, -0.25) is 4.99 Å². The molecule has 0 fully saturated rings. The van der Waals surface area contributed by atoms with Gasteiger partial charge in [-0.1, -0.05) is 17.7 Å². The summed E-state index contributed by atoms with van der Waals surface area (Å²) >= 11 is 5.65. The molecule has 14 heavy (non-hydrogen) atoms. The van der Waals surface area contributed by atoms with Gasteiger partial charge in [0.15, 0.2) is 5.96 Å². The molecule has 0 aliphatic carbocycles. The van der Waals surface area contributed by atoms with Crippen LogP contribution in [0.3, 0.4) is 0 Å². The van der Waals surface area contributed by atoms with Crippen molar-refractivity contribution in [2.45, 2.75) is 6.42 Å². The lowest BCUT2D eigenvalue weighted by atomic mass is 10.2. The van der Waals surface area contributed by atoms with Crippen LogP contribution in [0.5, 0.6) is 0 Å². The molecule has 3 N–H and O–H groups in total. The van der Waals surface area contributed by atoms with E-state index in [1.165, 1.54) is 0 Å². The zero-order valence-electron chi connectivity index (χ0n) is 8.00. The first kappa shape index (κ1) is 10.8. The summed E-state index contributed by atoms with van der Waals surface area (Å²) in [5, 5.41) is 3.47. The minimum absolute atomic E-state index is 0.451. The number of pyridine rings is 1. The average molecular weight is 213 g/mol. The Morgan fingerprint density at radius 3 is 3.00 bits per heavy atom. The molecule has 76 valence electrons.